The van der Waals surface area contributed by atoms with E-state index < -0.39 is 36.0 Å². The number of alkyl halides is 5. The number of halogens is 5. The molecule has 0 saturated heterocycles. The Kier molecular flexibility index (Phi) is 3.99. The molecule has 0 spiro atoms. The molecule has 96 valence electrons. The Morgan fingerprint density at radius 2 is 1.94 bits per heavy atom. The standard InChI is InChI=1S/C9H9F5N2O/c10-8(11)7-5(9(12,13)14)1-4(2-15)16-6(7)3-17/h1,8,17H,2-3,15H2. The second kappa shape index (κ2) is 4.92. The number of aliphatic hydroxyl groups excluding tert-OH is 1. The fraction of sp³-hybridized carbons (Fsp3) is 0.444. The van der Waals surface area contributed by atoms with Gasteiger partial charge in [-0.2, -0.15) is 13.2 Å². The molecule has 0 aromatic carbocycles. The van der Waals surface area contributed by atoms with Gasteiger partial charge in [0.25, 0.3) is 6.43 Å². The SMILES string of the molecule is NCc1cc(C(F)(F)F)c(C(F)F)c(CO)n1. The largest absolute Gasteiger partial charge is 0.417 e. The Morgan fingerprint density at radius 3 is 2.29 bits per heavy atom. The zero-order valence-corrected chi connectivity index (χ0v) is 8.43. The second-order valence-electron chi connectivity index (χ2n) is 3.18. The van der Waals surface area contributed by atoms with Gasteiger partial charge >= 0.3 is 6.18 Å². The fourth-order valence-corrected chi connectivity index (χ4v) is 1.37. The van der Waals surface area contributed by atoms with Crippen LogP contribution in [-0.2, 0) is 19.3 Å². The lowest BCUT2D eigenvalue weighted by molar-refractivity contribution is -0.139. The van der Waals surface area contributed by atoms with Gasteiger partial charge in [-0.25, -0.2) is 8.78 Å². The molecule has 0 aliphatic heterocycles. The zero-order chi connectivity index (χ0) is 13.2. The highest BCUT2D eigenvalue weighted by Gasteiger charge is 2.38. The van der Waals surface area contributed by atoms with Gasteiger partial charge in [0.2, 0.25) is 0 Å². The maximum atomic E-state index is 12.6. The number of nitrogens with two attached hydrogens (primary N) is 1. The molecule has 0 amide bonds. The summed E-state index contributed by atoms with van der Waals surface area (Å²) in [4.78, 5) is 3.45. The minimum atomic E-state index is -4.94. The van der Waals surface area contributed by atoms with Crippen LogP contribution >= 0.6 is 0 Å². The quantitative estimate of drug-likeness (QED) is 0.813. The van der Waals surface area contributed by atoms with Gasteiger partial charge in [-0.15, -0.1) is 0 Å². The highest BCUT2D eigenvalue weighted by Crippen LogP contribution is 2.38. The minimum absolute atomic E-state index is 0.203. The van der Waals surface area contributed by atoms with E-state index in [1.807, 2.05) is 0 Å². The van der Waals surface area contributed by atoms with Crippen molar-refractivity contribution >= 4 is 0 Å². The van der Waals surface area contributed by atoms with E-state index in [-0.39, 0.29) is 12.2 Å². The van der Waals surface area contributed by atoms with Crippen molar-refractivity contribution in [3.63, 3.8) is 0 Å². The molecular formula is C9H9F5N2O. The molecule has 0 saturated carbocycles. The number of aromatic nitrogens is 1. The van der Waals surface area contributed by atoms with Crippen LogP contribution in [0.25, 0.3) is 0 Å². The van der Waals surface area contributed by atoms with Crippen LogP contribution in [0.15, 0.2) is 6.07 Å². The molecule has 0 bridgehead atoms. The molecule has 1 aromatic rings. The average molecular weight is 256 g/mol. The van der Waals surface area contributed by atoms with Gasteiger partial charge in [0, 0.05) is 6.54 Å². The third-order valence-electron chi connectivity index (χ3n) is 2.07. The molecule has 3 nitrogen and oxygen atoms in total. The van der Waals surface area contributed by atoms with E-state index in [0.29, 0.717) is 6.07 Å². The van der Waals surface area contributed by atoms with Gasteiger partial charge in [-0.1, -0.05) is 0 Å². The van der Waals surface area contributed by atoms with E-state index in [2.05, 4.69) is 4.98 Å². The average Bonchev–Trinajstić information content (AvgIpc) is 2.25. The molecule has 0 unspecified atom stereocenters. The van der Waals surface area contributed by atoms with Crippen LogP contribution in [-0.4, -0.2) is 10.1 Å². The summed E-state index contributed by atoms with van der Waals surface area (Å²) < 4.78 is 62.8. The lowest BCUT2D eigenvalue weighted by atomic mass is 10.0. The highest BCUT2D eigenvalue weighted by atomic mass is 19.4. The summed E-state index contributed by atoms with van der Waals surface area (Å²) in [6, 6.07) is 0.473. The van der Waals surface area contributed by atoms with Crippen molar-refractivity contribution in [2.75, 3.05) is 0 Å². The monoisotopic (exact) mass is 256 g/mol. The minimum Gasteiger partial charge on any atom is -0.390 e. The molecule has 0 radical (unpaired) electrons. The Morgan fingerprint density at radius 1 is 1.35 bits per heavy atom. The maximum Gasteiger partial charge on any atom is 0.417 e. The Bertz CT molecular complexity index is 405. The summed E-state index contributed by atoms with van der Waals surface area (Å²) in [5.74, 6) is 0. The van der Waals surface area contributed by atoms with Crippen molar-refractivity contribution in [1.82, 2.24) is 4.98 Å². The molecule has 0 aliphatic rings. The summed E-state index contributed by atoms with van der Waals surface area (Å²) >= 11 is 0. The van der Waals surface area contributed by atoms with Crippen LogP contribution in [0.5, 0.6) is 0 Å². The van der Waals surface area contributed by atoms with Gasteiger partial charge in [0.1, 0.15) is 0 Å². The molecule has 1 heterocycles. The molecule has 1 aromatic heterocycles. The Hall–Kier alpha value is -1.28. The van der Waals surface area contributed by atoms with E-state index in [1.54, 1.807) is 0 Å². The zero-order valence-electron chi connectivity index (χ0n) is 8.43. The van der Waals surface area contributed by atoms with Gasteiger partial charge in [0.05, 0.1) is 29.1 Å². The summed E-state index contributed by atoms with van der Waals surface area (Å²) in [5.41, 5.74) is 1.41. The molecule has 1 rings (SSSR count). The van der Waals surface area contributed by atoms with Crippen molar-refractivity contribution in [1.29, 1.82) is 0 Å². The Labute approximate surface area is 93.1 Å². The number of rotatable bonds is 3. The van der Waals surface area contributed by atoms with E-state index in [9.17, 15) is 22.0 Å². The molecule has 8 heteroatoms. The van der Waals surface area contributed by atoms with Gasteiger partial charge < -0.3 is 10.8 Å². The van der Waals surface area contributed by atoms with Gasteiger partial charge in [0.15, 0.2) is 0 Å². The van der Waals surface area contributed by atoms with E-state index >= 15 is 0 Å². The summed E-state index contributed by atoms with van der Waals surface area (Å²) in [5, 5.41) is 8.77. The van der Waals surface area contributed by atoms with E-state index in [4.69, 9.17) is 10.8 Å². The number of hydrogen-bond acceptors (Lipinski definition) is 3. The molecule has 17 heavy (non-hydrogen) atoms. The number of hydrogen-bond donors (Lipinski definition) is 2. The topological polar surface area (TPSA) is 59.1 Å². The molecule has 0 fully saturated rings. The maximum absolute atomic E-state index is 12.6. The molecule has 3 N–H and O–H groups in total. The number of nitrogens with zero attached hydrogens (tertiary/aromatic N) is 1. The van der Waals surface area contributed by atoms with Crippen molar-refractivity contribution in [3.05, 3.63) is 28.6 Å². The van der Waals surface area contributed by atoms with Crippen LogP contribution < -0.4 is 5.73 Å². The summed E-state index contributed by atoms with van der Waals surface area (Å²) in [6.45, 7) is -1.34. The first-order chi connectivity index (χ1) is 7.81. The summed E-state index contributed by atoms with van der Waals surface area (Å²) in [7, 11) is 0. The first kappa shape index (κ1) is 13.8. The lowest BCUT2D eigenvalue weighted by Gasteiger charge is -2.16. The highest BCUT2D eigenvalue weighted by molar-refractivity contribution is 5.36. The van der Waals surface area contributed by atoms with Gasteiger partial charge in [-0.3, -0.25) is 4.98 Å². The van der Waals surface area contributed by atoms with Crippen LogP contribution in [0.1, 0.15) is 28.9 Å². The summed E-state index contributed by atoms with van der Waals surface area (Å²) in [6.07, 6.45) is -8.31. The molecular weight excluding hydrogens is 247 g/mol. The fourth-order valence-electron chi connectivity index (χ4n) is 1.37. The Balaban J connectivity index is 3.52. The van der Waals surface area contributed by atoms with E-state index in [1.165, 1.54) is 0 Å². The van der Waals surface area contributed by atoms with Crippen LogP contribution in [0.4, 0.5) is 22.0 Å². The van der Waals surface area contributed by atoms with Crippen molar-refractivity contribution < 1.29 is 27.1 Å². The van der Waals surface area contributed by atoms with Crippen molar-refractivity contribution in [2.45, 2.75) is 25.8 Å². The van der Waals surface area contributed by atoms with Crippen molar-refractivity contribution in [3.8, 4) is 0 Å². The third-order valence-corrected chi connectivity index (χ3v) is 2.07. The normalized spacial score (nSPS) is 12.2. The molecule has 0 aliphatic carbocycles. The predicted octanol–water partition coefficient (Wildman–Crippen LogP) is 1.99. The van der Waals surface area contributed by atoms with Crippen LogP contribution in [0, 0.1) is 0 Å². The third kappa shape index (κ3) is 2.89. The molecule has 0 atom stereocenters. The van der Waals surface area contributed by atoms with E-state index in [0.717, 1.165) is 0 Å². The lowest BCUT2D eigenvalue weighted by Crippen LogP contribution is -2.16. The smallest absolute Gasteiger partial charge is 0.390 e. The number of aliphatic hydroxyl groups is 1. The van der Waals surface area contributed by atoms with Crippen molar-refractivity contribution in [2.24, 2.45) is 5.73 Å². The first-order valence-electron chi connectivity index (χ1n) is 4.50. The van der Waals surface area contributed by atoms with Crippen LogP contribution in [0.2, 0.25) is 0 Å². The second-order valence-corrected chi connectivity index (χ2v) is 3.18. The first-order valence-corrected chi connectivity index (χ1v) is 4.50. The van der Waals surface area contributed by atoms with Gasteiger partial charge in [-0.05, 0) is 6.07 Å². The predicted molar refractivity (Wildman–Crippen MR) is 48.0 cm³/mol. The number of pyridine rings is 1. The van der Waals surface area contributed by atoms with Crippen LogP contribution in [0.3, 0.4) is 0 Å².